The van der Waals surface area contributed by atoms with Crippen LogP contribution < -0.4 is 5.32 Å². The molecule has 2 aromatic rings. The van der Waals surface area contributed by atoms with Crippen LogP contribution in [0.5, 0.6) is 0 Å². The lowest BCUT2D eigenvalue weighted by molar-refractivity contribution is 0.0994. The summed E-state index contributed by atoms with van der Waals surface area (Å²) in [6.07, 6.45) is 0.814. The summed E-state index contributed by atoms with van der Waals surface area (Å²) in [5.41, 5.74) is 3.26. The lowest BCUT2D eigenvalue weighted by Gasteiger charge is -2.08. The fourth-order valence-corrected chi connectivity index (χ4v) is 2.39. The van der Waals surface area contributed by atoms with Gasteiger partial charge >= 0.3 is 6.09 Å². The molecule has 1 aliphatic rings. The van der Waals surface area contributed by atoms with Crippen molar-refractivity contribution in [3.8, 4) is 0 Å². The molecule has 0 radical (unpaired) electrons. The molecule has 0 aromatic heterocycles. The summed E-state index contributed by atoms with van der Waals surface area (Å²) in [4.78, 5) is 23.4. The highest BCUT2D eigenvalue weighted by molar-refractivity contribution is 6.01. The number of Topliss-reactive ketones (excluding diaryl/α,β-unsaturated/α-hetero) is 1. The summed E-state index contributed by atoms with van der Waals surface area (Å²) in [6, 6.07) is 14.9. The van der Waals surface area contributed by atoms with Crippen molar-refractivity contribution in [2.75, 3.05) is 5.32 Å². The summed E-state index contributed by atoms with van der Waals surface area (Å²) >= 11 is 0. The van der Waals surface area contributed by atoms with Crippen LogP contribution >= 0.6 is 0 Å². The van der Waals surface area contributed by atoms with Crippen LogP contribution in [0, 0.1) is 0 Å². The number of carbonyl (C=O) groups is 2. The topological polar surface area (TPSA) is 55.4 Å². The van der Waals surface area contributed by atoms with Crippen LogP contribution in [0.3, 0.4) is 0 Å². The van der Waals surface area contributed by atoms with Gasteiger partial charge < -0.3 is 4.74 Å². The van der Waals surface area contributed by atoms with Crippen molar-refractivity contribution in [1.29, 1.82) is 0 Å². The maximum absolute atomic E-state index is 11.7. The Morgan fingerprint density at radius 2 is 1.90 bits per heavy atom. The van der Waals surface area contributed by atoms with Crippen molar-refractivity contribution >= 4 is 17.6 Å². The first-order valence-corrected chi connectivity index (χ1v) is 6.86. The van der Waals surface area contributed by atoms with E-state index in [1.807, 2.05) is 36.4 Å². The van der Waals surface area contributed by atoms with Crippen molar-refractivity contribution in [3.05, 3.63) is 65.2 Å². The predicted octanol–water partition coefficient (Wildman–Crippen LogP) is 3.56. The van der Waals surface area contributed by atoms with Gasteiger partial charge in [-0.3, -0.25) is 10.1 Å². The number of hydrogen-bond donors (Lipinski definition) is 1. The maximum atomic E-state index is 11.7. The zero-order valence-corrected chi connectivity index (χ0v) is 11.5. The van der Waals surface area contributed by atoms with Gasteiger partial charge in [-0.25, -0.2) is 4.79 Å². The highest BCUT2D eigenvalue weighted by Gasteiger charge is 2.19. The molecule has 1 amide bonds. The van der Waals surface area contributed by atoms with Crippen LogP contribution in [0.15, 0.2) is 48.5 Å². The minimum atomic E-state index is -0.524. The van der Waals surface area contributed by atoms with Crippen LogP contribution in [0.2, 0.25) is 0 Å². The van der Waals surface area contributed by atoms with E-state index >= 15 is 0 Å². The average molecular weight is 281 g/mol. The Bertz CT molecular complexity index is 680. The Balaban J connectivity index is 1.60. The van der Waals surface area contributed by atoms with Crippen LogP contribution in [-0.2, 0) is 17.8 Å². The molecular weight excluding hydrogens is 266 g/mol. The minimum absolute atomic E-state index is 0.131. The van der Waals surface area contributed by atoms with E-state index in [4.69, 9.17) is 4.74 Å². The number of amides is 1. The molecule has 0 saturated carbocycles. The molecule has 0 spiro atoms. The van der Waals surface area contributed by atoms with Crippen molar-refractivity contribution in [2.24, 2.45) is 0 Å². The van der Waals surface area contributed by atoms with Crippen molar-refractivity contribution in [3.63, 3.8) is 0 Å². The summed E-state index contributed by atoms with van der Waals surface area (Å²) in [6.45, 7) is 0.219. The summed E-state index contributed by atoms with van der Waals surface area (Å²) in [5, 5.41) is 2.65. The van der Waals surface area contributed by atoms with Gasteiger partial charge in [-0.1, -0.05) is 36.4 Å². The Hall–Kier alpha value is -2.62. The van der Waals surface area contributed by atoms with E-state index in [0.717, 1.165) is 17.5 Å². The quantitative estimate of drug-likeness (QED) is 0.935. The molecule has 0 bridgehead atoms. The first kappa shape index (κ1) is 13.4. The van der Waals surface area contributed by atoms with Crippen molar-refractivity contribution in [2.45, 2.75) is 19.4 Å². The summed E-state index contributed by atoms with van der Waals surface area (Å²) in [7, 11) is 0. The molecule has 4 nitrogen and oxygen atoms in total. The molecule has 0 atom stereocenters. The summed E-state index contributed by atoms with van der Waals surface area (Å²) in [5.74, 6) is 0.131. The standard InChI is InChI=1S/C17H15NO3/c19-16-9-7-13-6-8-14(10-15(13)16)18-17(20)21-11-12-4-2-1-3-5-12/h1-6,8,10H,7,9,11H2,(H,18,20). The lowest BCUT2D eigenvalue weighted by atomic mass is 10.1. The van der Waals surface area contributed by atoms with Gasteiger partial charge in [0.05, 0.1) is 0 Å². The van der Waals surface area contributed by atoms with Crippen LogP contribution in [0.25, 0.3) is 0 Å². The van der Waals surface area contributed by atoms with Gasteiger partial charge in [-0.15, -0.1) is 0 Å². The number of fused-ring (bicyclic) bond motifs is 1. The van der Waals surface area contributed by atoms with Gasteiger partial charge in [0.15, 0.2) is 5.78 Å². The van der Waals surface area contributed by atoms with Crippen molar-refractivity contribution in [1.82, 2.24) is 0 Å². The van der Waals surface area contributed by atoms with E-state index in [-0.39, 0.29) is 12.4 Å². The van der Waals surface area contributed by atoms with Crippen molar-refractivity contribution < 1.29 is 14.3 Å². The SMILES string of the molecule is O=C(Nc1ccc2c(c1)C(=O)CC2)OCc1ccccc1. The monoisotopic (exact) mass is 281 g/mol. The van der Waals surface area contributed by atoms with E-state index in [1.165, 1.54) is 0 Å². The number of benzene rings is 2. The van der Waals surface area contributed by atoms with Crippen LogP contribution in [-0.4, -0.2) is 11.9 Å². The number of rotatable bonds is 3. The number of ether oxygens (including phenoxy) is 1. The van der Waals surface area contributed by atoms with E-state index < -0.39 is 6.09 Å². The number of carbonyl (C=O) groups excluding carboxylic acids is 2. The highest BCUT2D eigenvalue weighted by atomic mass is 16.5. The average Bonchev–Trinajstić information content (AvgIpc) is 2.87. The second-order valence-corrected chi connectivity index (χ2v) is 4.98. The van der Waals surface area contributed by atoms with E-state index in [9.17, 15) is 9.59 Å². The van der Waals surface area contributed by atoms with E-state index in [2.05, 4.69) is 5.32 Å². The summed E-state index contributed by atoms with van der Waals surface area (Å²) < 4.78 is 5.14. The number of ketones is 1. The Kier molecular flexibility index (Phi) is 3.69. The molecule has 21 heavy (non-hydrogen) atoms. The third-order valence-corrected chi connectivity index (χ3v) is 3.49. The van der Waals surface area contributed by atoms with Gasteiger partial charge in [0.2, 0.25) is 0 Å². The van der Waals surface area contributed by atoms with Crippen LogP contribution in [0.4, 0.5) is 10.5 Å². The first-order valence-electron chi connectivity index (χ1n) is 6.86. The third-order valence-electron chi connectivity index (χ3n) is 3.49. The zero-order valence-electron chi connectivity index (χ0n) is 11.5. The fraction of sp³-hybridized carbons (Fsp3) is 0.176. The molecule has 0 heterocycles. The number of nitrogens with one attached hydrogen (secondary N) is 1. The molecule has 2 aromatic carbocycles. The molecule has 1 N–H and O–H groups in total. The molecule has 4 heteroatoms. The van der Waals surface area contributed by atoms with Gasteiger partial charge in [0.1, 0.15) is 6.61 Å². The Morgan fingerprint density at radius 1 is 1.10 bits per heavy atom. The van der Waals surface area contributed by atoms with Gasteiger partial charge in [-0.05, 0) is 29.7 Å². The molecule has 1 aliphatic carbocycles. The van der Waals surface area contributed by atoms with Gasteiger partial charge in [0.25, 0.3) is 0 Å². The molecule has 3 rings (SSSR count). The fourth-order valence-electron chi connectivity index (χ4n) is 2.39. The molecule has 0 unspecified atom stereocenters. The minimum Gasteiger partial charge on any atom is -0.444 e. The first-order chi connectivity index (χ1) is 10.2. The molecule has 0 aliphatic heterocycles. The maximum Gasteiger partial charge on any atom is 0.411 e. The second-order valence-electron chi connectivity index (χ2n) is 4.98. The third kappa shape index (κ3) is 3.11. The Labute approximate surface area is 122 Å². The predicted molar refractivity (Wildman–Crippen MR) is 79.3 cm³/mol. The molecule has 0 saturated heterocycles. The smallest absolute Gasteiger partial charge is 0.411 e. The van der Waals surface area contributed by atoms with Crippen LogP contribution in [0.1, 0.15) is 27.9 Å². The second kappa shape index (κ2) is 5.79. The number of anilines is 1. The highest BCUT2D eigenvalue weighted by Crippen LogP contribution is 2.25. The number of aryl methyl sites for hydroxylation is 1. The number of hydrogen-bond acceptors (Lipinski definition) is 3. The Morgan fingerprint density at radius 3 is 2.71 bits per heavy atom. The largest absolute Gasteiger partial charge is 0.444 e. The lowest BCUT2D eigenvalue weighted by Crippen LogP contribution is -2.13. The zero-order chi connectivity index (χ0) is 14.7. The van der Waals surface area contributed by atoms with Gasteiger partial charge in [-0.2, -0.15) is 0 Å². The molecule has 0 fully saturated rings. The van der Waals surface area contributed by atoms with E-state index in [0.29, 0.717) is 17.7 Å². The normalized spacial score (nSPS) is 12.9. The van der Waals surface area contributed by atoms with Gasteiger partial charge in [0, 0.05) is 17.7 Å². The van der Waals surface area contributed by atoms with E-state index in [1.54, 1.807) is 12.1 Å². The molecule has 106 valence electrons. The molecular formula is C17H15NO3.